The molecule has 0 bridgehead atoms. The molecule has 118 valence electrons. The smallest absolute Gasteiger partial charge is 0.279 e. The lowest BCUT2D eigenvalue weighted by Crippen LogP contribution is -2.47. The monoisotopic (exact) mass is 303 g/mol. The Hall–Kier alpha value is -0.170. The predicted molar refractivity (Wildman–Crippen MR) is 81.7 cm³/mol. The van der Waals surface area contributed by atoms with Gasteiger partial charge in [-0.25, -0.2) is 4.72 Å². The number of nitrogens with zero attached hydrogens (tertiary/aromatic N) is 1. The van der Waals surface area contributed by atoms with Gasteiger partial charge in [0.15, 0.2) is 0 Å². The van der Waals surface area contributed by atoms with Crippen LogP contribution in [0.4, 0.5) is 0 Å². The van der Waals surface area contributed by atoms with Gasteiger partial charge in [-0.05, 0) is 51.1 Å². The quantitative estimate of drug-likeness (QED) is 0.778. The van der Waals surface area contributed by atoms with Crippen LogP contribution in [0.25, 0.3) is 0 Å². The molecule has 1 saturated carbocycles. The molecule has 0 radical (unpaired) electrons. The summed E-state index contributed by atoms with van der Waals surface area (Å²) in [4.78, 5) is 0. The van der Waals surface area contributed by atoms with Crippen molar-refractivity contribution in [2.24, 2.45) is 11.8 Å². The molecular weight excluding hydrogens is 274 g/mol. The van der Waals surface area contributed by atoms with Crippen LogP contribution in [-0.2, 0) is 10.2 Å². The molecule has 0 amide bonds. The fourth-order valence-electron chi connectivity index (χ4n) is 3.35. The Morgan fingerprint density at radius 2 is 1.55 bits per heavy atom. The van der Waals surface area contributed by atoms with Crippen molar-refractivity contribution in [3.05, 3.63) is 0 Å². The lowest BCUT2D eigenvalue weighted by molar-refractivity contribution is 0.266. The van der Waals surface area contributed by atoms with Crippen molar-refractivity contribution in [3.8, 4) is 0 Å². The van der Waals surface area contributed by atoms with Gasteiger partial charge in [-0.3, -0.25) is 0 Å². The van der Waals surface area contributed by atoms with E-state index in [9.17, 15) is 8.42 Å². The highest BCUT2D eigenvalue weighted by Crippen LogP contribution is 2.23. The molecule has 1 heterocycles. The number of hydrogen-bond acceptors (Lipinski definition) is 3. The minimum atomic E-state index is -3.26. The van der Waals surface area contributed by atoms with E-state index in [0.717, 1.165) is 19.4 Å². The first-order chi connectivity index (χ1) is 9.62. The molecule has 0 spiro atoms. The molecular formula is C14H29N3O2S. The highest BCUT2D eigenvalue weighted by molar-refractivity contribution is 7.87. The molecule has 2 N–H and O–H groups in total. The Morgan fingerprint density at radius 1 is 0.950 bits per heavy atom. The Morgan fingerprint density at radius 3 is 2.15 bits per heavy atom. The van der Waals surface area contributed by atoms with Crippen molar-refractivity contribution in [1.82, 2.24) is 14.3 Å². The summed E-state index contributed by atoms with van der Waals surface area (Å²) in [6.45, 7) is 2.93. The molecule has 20 heavy (non-hydrogen) atoms. The van der Waals surface area contributed by atoms with Crippen LogP contribution in [0.15, 0.2) is 0 Å². The van der Waals surface area contributed by atoms with Crippen molar-refractivity contribution in [2.75, 3.05) is 33.2 Å². The molecule has 0 aromatic heterocycles. The summed E-state index contributed by atoms with van der Waals surface area (Å²) in [5, 5.41) is 3.18. The summed E-state index contributed by atoms with van der Waals surface area (Å²) in [6.07, 6.45) is 8.09. The molecule has 1 saturated heterocycles. The SMILES string of the molecule is CNCC1CCN(S(=O)(=O)NCC2CCCCC2)CC1. The standard InChI is InChI=1S/C14H29N3O2S/c1-15-11-14-7-9-17(10-8-14)20(18,19)16-12-13-5-3-2-4-6-13/h13-16H,2-12H2,1H3. The molecule has 2 fully saturated rings. The first-order valence-electron chi connectivity index (χ1n) is 8.01. The number of rotatable bonds is 6. The Kier molecular flexibility index (Phi) is 6.26. The third-order valence-corrected chi connectivity index (χ3v) is 6.26. The van der Waals surface area contributed by atoms with Gasteiger partial charge in [-0.1, -0.05) is 19.3 Å². The van der Waals surface area contributed by atoms with E-state index in [0.29, 0.717) is 31.5 Å². The van der Waals surface area contributed by atoms with Gasteiger partial charge >= 0.3 is 0 Å². The van der Waals surface area contributed by atoms with Crippen molar-refractivity contribution in [3.63, 3.8) is 0 Å². The van der Waals surface area contributed by atoms with Crippen LogP contribution in [0.2, 0.25) is 0 Å². The summed E-state index contributed by atoms with van der Waals surface area (Å²) in [6, 6.07) is 0. The second kappa shape index (κ2) is 7.73. The molecule has 0 unspecified atom stereocenters. The first kappa shape index (κ1) is 16.2. The Balaban J connectivity index is 1.75. The zero-order valence-corrected chi connectivity index (χ0v) is 13.4. The summed E-state index contributed by atoms with van der Waals surface area (Å²) < 4.78 is 29.0. The molecule has 5 nitrogen and oxygen atoms in total. The maximum absolute atomic E-state index is 12.3. The lowest BCUT2D eigenvalue weighted by Gasteiger charge is -2.31. The van der Waals surface area contributed by atoms with Crippen LogP contribution in [0.1, 0.15) is 44.9 Å². The van der Waals surface area contributed by atoms with E-state index in [4.69, 9.17) is 0 Å². The molecule has 0 atom stereocenters. The van der Waals surface area contributed by atoms with Gasteiger partial charge in [-0.2, -0.15) is 12.7 Å². The fourth-order valence-corrected chi connectivity index (χ4v) is 4.67. The van der Waals surface area contributed by atoms with E-state index in [1.807, 2.05) is 7.05 Å². The zero-order valence-electron chi connectivity index (χ0n) is 12.6. The molecule has 0 aromatic rings. The fraction of sp³-hybridized carbons (Fsp3) is 1.00. The summed E-state index contributed by atoms with van der Waals surface area (Å²) in [5.41, 5.74) is 0. The largest absolute Gasteiger partial charge is 0.319 e. The first-order valence-corrected chi connectivity index (χ1v) is 9.45. The normalized spacial score (nSPS) is 24.1. The summed E-state index contributed by atoms with van der Waals surface area (Å²) in [7, 11) is -1.30. The van der Waals surface area contributed by atoms with Gasteiger partial charge in [0.1, 0.15) is 0 Å². The van der Waals surface area contributed by atoms with Crippen LogP contribution >= 0.6 is 0 Å². The molecule has 0 aromatic carbocycles. The van der Waals surface area contributed by atoms with Crippen LogP contribution in [0.3, 0.4) is 0 Å². The van der Waals surface area contributed by atoms with Gasteiger partial charge in [0.05, 0.1) is 0 Å². The van der Waals surface area contributed by atoms with Gasteiger partial charge in [0, 0.05) is 19.6 Å². The lowest BCUT2D eigenvalue weighted by atomic mass is 9.90. The summed E-state index contributed by atoms with van der Waals surface area (Å²) in [5.74, 6) is 1.16. The van der Waals surface area contributed by atoms with Gasteiger partial charge < -0.3 is 5.32 Å². The predicted octanol–water partition coefficient (Wildman–Crippen LogP) is 1.33. The number of nitrogens with one attached hydrogen (secondary N) is 2. The van der Waals surface area contributed by atoms with Crippen LogP contribution < -0.4 is 10.0 Å². The third-order valence-electron chi connectivity index (χ3n) is 4.69. The van der Waals surface area contributed by atoms with Gasteiger partial charge in [0.2, 0.25) is 0 Å². The van der Waals surface area contributed by atoms with E-state index in [2.05, 4.69) is 10.0 Å². The van der Waals surface area contributed by atoms with Crippen molar-refractivity contribution in [1.29, 1.82) is 0 Å². The van der Waals surface area contributed by atoms with E-state index >= 15 is 0 Å². The second-order valence-electron chi connectivity index (χ2n) is 6.26. The average Bonchev–Trinajstić information content (AvgIpc) is 2.47. The average molecular weight is 303 g/mol. The van der Waals surface area contributed by atoms with Crippen molar-refractivity contribution >= 4 is 10.2 Å². The molecule has 2 aliphatic rings. The zero-order chi connectivity index (χ0) is 14.4. The summed E-state index contributed by atoms with van der Waals surface area (Å²) >= 11 is 0. The second-order valence-corrected chi connectivity index (χ2v) is 8.01. The van der Waals surface area contributed by atoms with Crippen LogP contribution in [0, 0.1) is 11.8 Å². The number of piperidine rings is 1. The topological polar surface area (TPSA) is 61.4 Å². The minimum absolute atomic E-state index is 0.542. The van der Waals surface area contributed by atoms with Crippen LogP contribution in [0.5, 0.6) is 0 Å². The molecule has 2 rings (SSSR count). The van der Waals surface area contributed by atoms with E-state index in [-0.39, 0.29) is 0 Å². The highest BCUT2D eigenvalue weighted by atomic mass is 32.2. The Labute approximate surface area is 123 Å². The van der Waals surface area contributed by atoms with E-state index in [1.54, 1.807) is 4.31 Å². The Bertz CT molecular complexity index is 372. The van der Waals surface area contributed by atoms with Gasteiger partial charge in [-0.15, -0.1) is 0 Å². The van der Waals surface area contributed by atoms with E-state index < -0.39 is 10.2 Å². The molecule has 6 heteroatoms. The number of hydrogen-bond donors (Lipinski definition) is 2. The maximum Gasteiger partial charge on any atom is 0.279 e. The van der Waals surface area contributed by atoms with Crippen LogP contribution in [-0.4, -0.2) is 45.9 Å². The van der Waals surface area contributed by atoms with E-state index in [1.165, 1.54) is 32.1 Å². The van der Waals surface area contributed by atoms with Crippen molar-refractivity contribution in [2.45, 2.75) is 44.9 Å². The maximum atomic E-state index is 12.3. The highest BCUT2D eigenvalue weighted by Gasteiger charge is 2.28. The molecule has 1 aliphatic carbocycles. The third kappa shape index (κ3) is 4.69. The minimum Gasteiger partial charge on any atom is -0.319 e. The van der Waals surface area contributed by atoms with Crippen molar-refractivity contribution < 1.29 is 8.42 Å². The molecule has 1 aliphatic heterocycles. The van der Waals surface area contributed by atoms with Gasteiger partial charge in [0.25, 0.3) is 10.2 Å².